The number of anilines is 1. The highest BCUT2D eigenvalue weighted by Crippen LogP contribution is 2.31. The fourth-order valence-corrected chi connectivity index (χ4v) is 2.58. The smallest absolute Gasteiger partial charge is 0.146 e. The lowest BCUT2D eigenvalue weighted by molar-refractivity contribution is 0.603. The molecule has 0 radical (unpaired) electrons. The van der Waals surface area contributed by atoms with Gasteiger partial charge in [0.25, 0.3) is 0 Å². The number of para-hydroxylation sites is 1. The molecule has 1 atom stereocenters. The van der Waals surface area contributed by atoms with Gasteiger partial charge in [-0.1, -0.05) is 29.8 Å². The van der Waals surface area contributed by atoms with Crippen LogP contribution in [-0.2, 0) is 0 Å². The van der Waals surface area contributed by atoms with E-state index in [0.717, 1.165) is 10.0 Å². The van der Waals surface area contributed by atoms with E-state index in [4.69, 9.17) is 17.3 Å². The van der Waals surface area contributed by atoms with E-state index in [1.165, 1.54) is 6.07 Å². The average Bonchev–Trinajstić information content (AvgIpc) is 2.44. The minimum absolute atomic E-state index is 0.141. The average molecular weight is 358 g/mol. The molecule has 0 fully saturated rings. The first-order chi connectivity index (χ1) is 9.54. The number of nitrogens with zero attached hydrogens (tertiary/aromatic N) is 1. The molecular formula is C15H15BrClFN2. The molecule has 20 heavy (non-hydrogen) atoms. The van der Waals surface area contributed by atoms with E-state index in [9.17, 15) is 4.39 Å². The van der Waals surface area contributed by atoms with Gasteiger partial charge in [0.15, 0.2) is 0 Å². The van der Waals surface area contributed by atoms with Crippen LogP contribution in [0.5, 0.6) is 0 Å². The molecule has 0 heterocycles. The molecule has 0 aromatic heterocycles. The summed E-state index contributed by atoms with van der Waals surface area (Å²) in [7, 11) is 1.83. The zero-order chi connectivity index (χ0) is 14.7. The minimum Gasteiger partial charge on any atom is -0.364 e. The van der Waals surface area contributed by atoms with Crippen LogP contribution in [-0.4, -0.2) is 13.6 Å². The Bertz CT molecular complexity index is 606. The van der Waals surface area contributed by atoms with Crippen LogP contribution in [0.1, 0.15) is 11.6 Å². The molecule has 2 nitrogen and oxygen atoms in total. The maximum atomic E-state index is 13.9. The van der Waals surface area contributed by atoms with Gasteiger partial charge in [0.05, 0.1) is 16.8 Å². The molecule has 0 amide bonds. The molecule has 0 bridgehead atoms. The Kier molecular flexibility index (Phi) is 5.02. The van der Waals surface area contributed by atoms with Crippen LogP contribution in [0.2, 0.25) is 5.02 Å². The largest absolute Gasteiger partial charge is 0.364 e. The van der Waals surface area contributed by atoms with E-state index in [0.29, 0.717) is 17.3 Å². The molecule has 106 valence electrons. The summed E-state index contributed by atoms with van der Waals surface area (Å²) >= 11 is 9.47. The fraction of sp³-hybridized carbons (Fsp3) is 0.200. The second kappa shape index (κ2) is 6.57. The first-order valence-corrected chi connectivity index (χ1v) is 7.34. The molecule has 2 aromatic rings. The molecule has 0 saturated heterocycles. The van der Waals surface area contributed by atoms with Gasteiger partial charge in [0.2, 0.25) is 0 Å². The Hall–Kier alpha value is -1.10. The van der Waals surface area contributed by atoms with Gasteiger partial charge in [-0.25, -0.2) is 4.39 Å². The number of hydrogen-bond acceptors (Lipinski definition) is 2. The summed E-state index contributed by atoms with van der Waals surface area (Å²) < 4.78 is 14.7. The van der Waals surface area contributed by atoms with Crippen LogP contribution in [0.25, 0.3) is 0 Å². The van der Waals surface area contributed by atoms with Gasteiger partial charge in [0.1, 0.15) is 5.82 Å². The standard InChI is InChI=1S/C15H15BrClFN2/c1-20(14-5-3-2-4-13(14)18)15(9-19)10-6-7-11(16)12(17)8-10/h2-8,15H,9,19H2,1H3. The number of rotatable bonds is 4. The second-order valence-electron chi connectivity index (χ2n) is 4.49. The van der Waals surface area contributed by atoms with Crippen LogP contribution in [0.3, 0.4) is 0 Å². The first kappa shape index (κ1) is 15.3. The molecule has 0 aliphatic carbocycles. The number of likely N-dealkylation sites (N-methyl/N-ethyl adjacent to an activating group) is 1. The van der Waals surface area contributed by atoms with E-state index in [1.54, 1.807) is 18.2 Å². The zero-order valence-corrected chi connectivity index (χ0v) is 13.3. The summed E-state index contributed by atoms with van der Waals surface area (Å²) in [4.78, 5) is 1.83. The Morgan fingerprint density at radius 1 is 1.30 bits per heavy atom. The molecule has 0 saturated carbocycles. The monoisotopic (exact) mass is 356 g/mol. The molecule has 5 heteroatoms. The van der Waals surface area contributed by atoms with Crippen molar-refractivity contribution >= 4 is 33.2 Å². The van der Waals surface area contributed by atoms with Crippen molar-refractivity contribution in [2.75, 3.05) is 18.5 Å². The summed E-state index contributed by atoms with van der Waals surface area (Å²) in [5.74, 6) is -0.267. The van der Waals surface area contributed by atoms with Crippen molar-refractivity contribution in [2.45, 2.75) is 6.04 Å². The Labute approximate surface area is 131 Å². The molecule has 2 N–H and O–H groups in total. The van der Waals surface area contributed by atoms with Crippen LogP contribution in [0, 0.1) is 5.82 Å². The topological polar surface area (TPSA) is 29.3 Å². The normalized spacial score (nSPS) is 12.2. The summed E-state index contributed by atoms with van der Waals surface area (Å²) in [6, 6.07) is 12.2. The van der Waals surface area contributed by atoms with Gasteiger partial charge >= 0.3 is 0 Å². The SMILES string of the molecule is CN(c1ccccc1F)C(CN)c1ccc(Br)c(Cl)c1. The van der Waals surface area contributed by atoms with E-state index >= 15 is 0 Å². The lowest BCUT2D eigenvalue weighted by Crippen LogP contribution is -2.31. The van der Waals surface area contributed by atoms with E-state index in [2.05, 4.69) is 15.9 Å². The number of hydrogen-bond donors (Lipinski definition) is 1. The van der Waals surface area contributed by atoms with E-state index in [-0.39, 0.29) is 11.9 Å². The van der Waals surface area contributed by atoms with Crippen LogP contribution in [0.4, 0.5) is 10.1 Å². The predicted molar refractivity (Wildman–Crippen MR) is 85.8 cm³/mol. The van der Waals surface area contributed by atoms with Gasteiger partial charge in [-0.3, -0.25) is 0 Å². The van der Waals surface area contributed by atoms with Gasteiger partial charge in [-0.2, -0.15) is 0 Å². The zero-order valence-electron chi connectivity index (χ0n) is 11.0. The van der Waals surface area contributed by atoms with Crippen molar-refractivity contribution in [3.63, 3.8) is 0 Å². The molecular weight excluding hydrogens is 343 g/mol. The molecule has 2 rings (SSSR count). The fourth-order valence-electron chi connectivity index (χ4n) is 2.14. The lowest BCUT2D eigenvalue weighted by atomic mass is 10.0. The molecule has 2 aromatic carbocycles. The van der Waals surface area contributed by atoms with Crippen LogP contribution < -0.4 is 10.6 Å². The lowest BCUT2D eigenvalue weighted by Gasteiger charge is -2.30. The van der Waals surface area contributed by atoms with Crippen molar-refractivity contribution in [1.82, 2.24) is 0 Å². The van der Waals surface area contributed by atoms with Crippen molar-refractivity contribution in [3.05, 3.63) is 63.3 Å². The van der Waals surface area contributed by atoms with E-state index < -0.39 is 0 Å². The quantitative estimate of drug-likeness (QED) is 0.880. The Balaban J connectivity index is 2.36. The van der Waals surface area contributed by atoms with Crippen LogP contribution in [0.15, 0.2) is 46.9 Å². The molecule has 0 aliphatic rings. The molecule has 0 spiro atoms. The first-order valence-electron chi connectivity index (χ1n) is 6.17. The van der Waals surface area contributed by atoms with Gasteiger partial charge < -0.3 is 10.6 Å². The maximum absolute atomic E-state index is 13.9. The summed E-state index contributed by atoms with van der Waals surface area (Å²) in [6.07, 6.45) is 0. The highest BCUT2D eigenvalue weighted by molar-refractivity contribution is 9.10. The van der Waals surface area contributed by atoms with Crippen molar-refractivity contribution in [1.29, 1.82) is 0 Å². The highest BCUT2D eigenvalue weighted by Gasteiger charge is 2.19. The second-order valence-corrected chi connectivity index (χ2v) is 5.75. The number of halogens is 3. The third-order valence-corrected chi connectivity index (χ3v) is 4.48. The molecule has 0 aliphatic heterocycles. The number of nitrogens with two attached hydrogens (primary N) is 1. The van der Waals surface area contributed by atoms with Crippen molar-refractivity contribution in [3.8, 4) is 0 Å². The van der Waals surface area contributed by atoms with E-state index in [1.807, 2.05) is 30.1 Å². The summed E-state index contributed by atoms with van der Waals surface area (Å²) in [5, 5.41) is 0.614. The Morgan fingerprint density at radius 2 is 2.00 bits per heavy atom. The maximum Gasteiger partial charge on any atom is 0.146 e. The van der Waals surface area contributed by atoms with Gasteiger partial charge in [-0.15, -0.1) is 0 Å². The van der Waals surface area contributed by atoms with Gasteiger partial charge in [0, 0.05) is 18.1 Å². The van der Waals surface area contributed by atoms with Crippen molar-refractivity contribution < 1.29 is 4.39 Å². The number of benzene rings is 2. The molecule has 1 unspecified atom stereocenters. The summed E-state index contributed by atoms with van der Waals surface area (Å²) in [5.41, 5.74) is 7.33. The summed E-state index contributed by atoms with van der Waals surface area (Å²) in [6.45, 7) is 0.364. The Morgan fingerprint density at radius 3 is 2.60 bits per heavy atom. The minimum atomic E-state index is -0.267. The predicted octanol–water partition coefficient (Wildman–Crippen LogP) is 4.38. The highest BCUT2D eigenvalue weighted by atomic mass is 79.9. The van der Waals surface area contributed by atoms with Gasteiger partial charge in [-0.05, 0) is 45.8 Å². The van der Waals surface area contributed by atoms with Crippen LogP contribution >= 0.6 is 27.5 Å². The van der Waals surface area contributed by atoms with Crippen molar-refractivity contribution in [2.24, 2.45) is 5.73 Å². The third kappa shape index (κ3) is 3.14. The third-order valence-electron chi connectivity index (χ3n) is 3.25.